The van der Waals surface area contributed by atoms with Crippen molar-refractivity contribution in [2.75, 3.05) is 4.90 Å². The molecule has 7 nitrogen and oxygen atoms in total. The van der Waals surface area contributed by atoms with E-state index in [-0.39, 0.29) is 23.6 Å². The Bertz CT molecular complexity index is 1160. The highest BCUT2D eigenvalue weighted by Gasteiger charge is 2.45. The molecule has 166 valence electrons. The fourth-order valence-electron chi connectivity index (χ4n) is 3.53. The van der Waals surface area contributed by atoms with E-state index in [1.807, 2.05) is 0 Å². The first-order valence-corrected chi connectivity index (χ1v) is 9.85. The Labute approximate surface area is 185 Å². The molecule has 32 heavy (non-hydrogen) atoms. The second-order valence-corrected chi connectivity index (χ2v) is 7.66. The van der Waals surface area contributed by atoms with Crippen molar-refractivity contribution in [2.45, 2.75) is 31.8 Å². The number of aromatic nitrogens is 3. The van der Waals surface area contributed by atoms with E-state index in [0.717, 1.165) is 12.1 Å². The highest BCUT2D eigenvalue weighted by Crippen LogP contribution is 2.40. The molecule has 1 aromatic heterocycles. The van der Waals surface area contributed by atoms with Crippen LogP contribution in [0.2, 0.25) is 5.02 Å². The van der Waals surface area contributed by atoms with E-state index < -0.39 is 30.0 Å². The molecule has 1 aliphatic heterocycles. The van der Waals surface area contributed by atoms with Crippen molar-refractivity contribution >= 4 is 29.2 Å². The van der Waals surface area contributed by atoms with Crippen molar-refractivity contribution in [3.05, 3.63) is 76.6 Å². The topological polar surface area (TPSA) is 77.3 Å². The minimum absolute atomic E-state index is 0.0168. The Morgan fingerprint density at radius 2 is 1.91 bits per heavy atom. The van der Waals surface area contributed by atoms with Crippen molar-refractivity contribution in [1.82, 2.24) is 15.0 Å². The Balaban J connectivity index is 1.76. The van der Waals surface area contributed by atoms with Crippen LogP contribution in [-0.2, 0) is 17.5 Å². The van der Waals surface area contributed by atoms with Gasteiger partial charge in [-0.2, -0.15) is 13.2 Å². The summed E-state index contributed by atoms with van der Waals surface area (Å²) in [6.45, 7) is 1.31. The van der Waals surface area contributed by atoms with Crippen molar-refractivity contribution in [3.63, 3.8) is 0 Å². The second-order valence-electron chi connectivity index (χ2n) is 7.22. The number of ketones is 1. The first-order chi connectivity index (χ1) is 15.1. The maximum Gasteiger partial charge on any atom is 0.416 e. The highest BCUT2D eigenvalue weighted by molar-refractivity contribution is 6.30. The smallest absolute Gasteiger partial charge is 0.416 e. The number of cyclic esters (lactones) is 1. The van der Waals surface area contributed by atoms with Crippen LogP contribution in [0.3, 0.4) is 0 Å². The third-order valence-electron chi connectivity index (χ3n) is 5.01. The number of ether oxygens (including phenoxy) is 1. The predicted molar refractivity (Wildman–Crippen MR) is 108 cm³/mol. The van der Waals surface area contributed by atoms with E-state index in [4.69, 9.17) is 16.3 Å². The molecule has 1 amide bonds. The number of hydrogen-bond donors (Lipinski definition) is 0. The molecule has 2 heterocycles. The Kier molecular flexibility index (Phi) is 5.64. The SMILES string of the molecule is CC(=O)c1cn(C[C@@H]2OC(=O)N(c3ccc(Cl)cc3)[C@H]2c2cccc(C(F)(F)F)c2)nn1. The van der Waals surface area contributed by atoms with Gasteiger partial charge in [0.05, 0.1) is 18.3 Å². The number of benzene rings is 2. The predicted octanol–water partition coefficient (Wildman–Crippen LogP) is 4.92. The van der Waals surface area contributed by atoms with E-state index in [2.05, 4.69) is 10.3 Å². The van der Waals surface area contributed by atoms with Gasteiger partial charge in [-0.25, -0.2) is 9.48 Å². The van der Waals surface area contributed by atoms with Gasteiger partial charge in [0.2, 0.25) is 0 Å². The fourth-order valence-corrected chi connectivity index (χ4v) is 3.66. The molecular weight excluding hydrogens is 449 g/mol. The molecule has 0 saturated carbocycles. The summed E-state index contributed by atoms with van der Waals surface area (Å²) >= 11 is 5.94. The Hall–Kier alpha value is -3.40. The maximum atomic E-state index is 13.3. The lowest BCUT2D eigenvalue weighted by Crippen LogP contribution is -2.31. The van der Waals surface area contributed by atoms with Crippen LogP contribution < -0.4 is 4.90 Å². The number of nitrogens with zero attached hydrogens (tertiary/aromatic N) is 4. The molecule has 1 fully saturated rings. The number of alkyl halides is 3. The number of Topliss-reactive ketones (excluding diaryl/α,β-unsaturated/α-hetero) is 1. The molecule has 0 bridgehead atoms. The molecule has 2 aromatic carbocycles. The van der Waals surface area contributed by atoms with Crippen LogP contribution in [0.15, 0.2) is 54.7 Å². The molecule has 0 radical (unpaired) electrons. The van der Waals surface area contributed by atoms with Gasteiger partial charge in [-0.1, -0.05) is 28.9 Å². The largest absolute Gasteiger partial charge is 0.441 e. The van der Waals surface area contributed by atoms with Gasteiger partial charge in [0, 0.05) is 17.6 Å². The van der Waals surface area contributed by atoms with E-state index in [0.29, 0.717) is 10.7 Å². The van der Waals surface area contributed by atoms with Crippen LogP contribution in [0.1, 0.15) is 34.6 Å². The molecule has 11 heteroatoms. The van der Waals surface area contributed by atoms with Gasteiger partial charge >= 0.3 is 12.3 Å². The molecule has 0 N–H and O–H groups in total. The summed E-state index contributed by atoms with van der Waals surface area (Å²) in [6, 6.07) is 10.1. The van der Waals surface area contributed by atoms with Gasteiger partial charge in [0.1, 0.15) is 17.8 Å². The number of halogens is 4. The fraction of sp³-hybridized carbons (Fsp3) is 0.238. The molecule has 2 atom stereocenters. The van der Waals surface area contributed by atoms with Gasteiger partial charge in [-0.15, -0.1) is 5.10 Å². The van der Waals surface area contributed by atoms with Crippen LogP contribution in [0, 0.1) is 0 Å². The van der Waals surface area contributed by atoms with Crippen LogP contribution >= 0.6 is 11.6 Å². The van der Waals surface area contributed by atoms with Crippen molar-refractivity contribution < 1.29 is 27.5 Å². The lowest BCUT2D eigenvalue weighted by molar-refractivity contribution is -0.137. The van der Waals surface area contributed by atoms with Gasteiger partial charge < -0.3 is 4.74 Å². The normalized spacial score (nSPS) is 18.7. The van der Waals surface area contributed by atoms with Crippen LogP contribution in [-0.4, -0.2) is 33.0 Å². The molecule has 0 unspecified atom stereocenters. The molecule has 0 spiro atoms. The van der Waals surface area contributed by atoms with Gasteiger partial charge in [0.25, 0.3) is 0 Å². The van der Waals surface area contributed by atoms with E-state index >= 15 is 0 Å². The summed E-state index contributed by atoms with van der Waals surface area (Å²) in [6.07, 6.45) is -4.79. The number of carbonyl (C=O) groups is 2. The zero-order valence-corrected chi connectivity index (χ0v) is 17.3. The van der Waals surface area contributed by atoms with Gasteiger partial charge in [-0.3, -0.25) is 9.69 Å². The summed E-state index contributed by atoms with van der Waals surface area (Å²) in [4.78, 5) is 25.6. The highest BCUT2D eigenvalue weighted by atomic mass is 35.5. The maximum absolute atomic E-state index is 13.3. The summed E-state index contributed by atoms with van der Waals surface area (Å²) in [5, 5.41) is 8.05. The Morgan fingerprint density at radius 3 is 2.53 bits per heavy atom. The second kappa shape index (κ2) is 8.27. The van der Waals surface area contributed by atoms with Crippen LogP contribution in [0.25, 0.3) is 0 Å². The summed E-state index contributed by atoms with van der Waals surface area (Å²) in [5.41, 5.74) is -0.0758. The third-order valence-corrected chi connectivity index (χ3v) is 5.26. The lowest BCUT2D eigenvalue weighted by atomic mass is 9.98. The molecule has 4 rings (SSSR count). The van der Waals surface area contributed by atoms with Crippen LogP contribution in [0.5, 0.6) is 0 Å². The van der Waals surface area contributed by atoms with Gasteiger partial charge in [-0.05, 0) is 42.0 Å². The van der Waals surface area contributed by atoms with Crippen molar-refractivity contribution in [2.24, 2.45) is 0 Å². The van der Waals surface area contributed by atoms with E-state index in [1.54, 1.807) is 24.3 Å². The lowest BCUT2D eigenvalue weighted by Gasteiger charge is -2.25. The molecule has 3 aromatic rings. The van der Waals surface area contributed by atoms with E-state index in [1.165, 1.54) is 34.8 Å². The zero-order valence-electron chi connectivity index (χ0n) is 16.6. The Morgan fingerprint density at radius 1 is 1.19 bits per heavy atom. The molecule has 0 aliphatic carbocycles. The standard InChI is InChI=1S/C21H16ClF3N4O3/c1-12(30)17-10-28(27-26-17)11-18-19(13-3-2-4-14(9-13)21(23,24)25)29(20(31)32-18)16-7-5-15(22)6-8-16/h2-10,18-19H,11H2,1H3/t18-,19-/m0/s1. The minimum Gasteiger partial charge on any atom is -0.441 e. The number of hydrogen-bond acceptors (Lipinski definition) is 5. The van der Waals surface area contributed by atoms with Crippen LogP contribution in [0.4, 0.5) is 23.7 Å². The molecular formula is C21H16ClF3N4O3. The molecule has 1 aliphatic rings. The average Bonchev–Trinajstić information content (AvgIpc) is 3.33. The van der Waals surface area contributed by atoms with E-state index in [9.17, 15) is 22.8 Å². The third kappa shape index (κ3) is 4.31. The van der Waals surface area contributed by atoms with Crippen molar-refractivity contribution in [1.29, 1.82) is 0 Å². The monoisotopic (exact) mass is 464 g/mol. The number of anilines is 1. The first kappa shape index (κ1) is 21.8. The number of amides is 1. The summed E-state index contributed by atoms with van der Waals surface area (Å²) in [5.74, 6) is -0.295. The van der Waals surface area contributed by atoms with Gasteiger partial charge in [0.15, 0.2) is 5.78 Å². The summed E-state index contributed by atoms with van der Waals surface area (Å²) in [7, 11) is 0. The van der Waals surface area contributed by atoms with Crippen molar-refractivity contribution in [3.8, 4) is 0 Å². The quantitative estimate of drug-likeness (QED) is 0.501. The number of rotatable bonds is 5. The molecule has 1 saturated heterocycles. The average molecular weight is 465 g/mol. The number of carbonyl (C=O) groups excluding carboxylic acids is 2. The minimum atomic E-state index is -4.55. The first-order valence-electron chi connectivity index (χ1n) is 9.47. The summed E-state index contributed by atoms with van der Waals surface area (Å²) < 4.78 is 46.9. The zero-order chi connectivity index (χ0) is 23.0.